The number of β-lactam (4-membered cyclic amide) rings is 1. The number of amidine groups is 1. The summed E-state index contributed by atoms with van der Waals surface area (Å²) in [5, 5.41) is 30.5. The van der Waals surface area contributed by atoms with Gasteiger partial charge in [0.15, 0.2) is 10.8 Å². The van der Waals surface area contributed by atoms with Crippen molar-refractivity contribution >= 4 is 56.1 Å². The molecule has 2 aliphatic rings. The fourth-order valence-electron chi connectivity index (χ4n) is 4.56. The Morgan fingerprint density at radius 2 is 2.02 bits per heavy atom. The van der Waals surface area contributed by atoms with Crippen LogP contribution in [-0.4, -0.2) is 101 Å². The molecule has 2 aromatic rings. The Bertz CT molecular complexity index is 1560. The lowest BCUT2D eigenvalue weighted by Crippen LogP contribution is -2.71. The third-order valence-corrected chi connectivity index (χ3v) is 8.67. The fourth-order valence-corrected chi connectivity index (χ4v) is 6.13. The van der Waals surface area contributed by atoms with E-state index in [1.807, 2.05) is 0 Å². The first-order chi connectivity index (χ1) is 20.8. The van der Waals surface area contributed by atoms with E-state index in [4.69, 9.17) is 20.7 Å². The van der Waals surface area contributed by atoms with Gasteiger partial charge in [-0.25, -0.2) is 14.1 Å². The number of amides is 2. The van der Waals surface area contributed by atoms with Gasteiger partial charge in [-0.05, 0) is 57.5 Å². The number of nitrogens with one attached hydrogen (secondary N) is 4. The molecule has 1 aromatic heterocycles. The van der Waals surface area contributed by atoms with Crippen molar-refractivity contribution in [2.45, 2.75) is 50.9 Å². The normalized spacial score (nSPS) is 21.2. The maximum atomic E-state index is 13.1. The molecule has 0 bridgehead atoms. The third kappa shape index (κ3) is 7.59. The summed E-state index contributed by atoms with van der Waals surface area (Å²) in [4.78, 5) is 47.0. The van der Waals surface area contributed by atoms with Crippen molar-refractivity contribution in [3.8, 4) is 5.75 Å². The molecule has 2 aliphatic heterocycles. The number of thiazole rings is 1. The molecule has 17 nitrogen and oxygen atoms in total. The number of aromatic nitrogens is 1. The number of nitrogens with zero attached hydrogens (tertiary/aromatic N) is 3. The fraction of sp³-hybridized carbons (Fsp3) is 0.440. The van der Waals surface area contributed by atoms with E-state index in [1.54, 1.807) is 31.2 Å². The largest absolute Gasteiger partial charge is 0.489 e. The average Bonchev–Trinajstić information content (AvgIpc) is 3.30. The second-order valence-corrected chi connectivity index (χ2v) is 12.6. The van der Waals surface area contributed by atoms with Crippen LogP contribution in [0.3, 0.4) is 0 Å². The number of carboxylic acids is 1. The quantitative estimate of drug-likeness (QED) is 0.0501. The van der Waals surface area contributed by atoms with E-state index in [0.717, 1.165) is 37.3 Å². The van der Waals surface area contributed by atoms with Crippen LogP contribution >= 0.6 is 11.3 Å². The number of hydrogen-bond donors (Lipinski definition) is 7. The zero-order chi connectivity index (χ0) is 32.2. The number of oxime groups is 1. The first kappa shape index (κ1) is 32.6. The van der Waals surface area contributed by atoms with Crippen LogP contribution in [-0.2, 0) is 29.5 Å². The van der Waals surface area contributed by atoms with E-state index in [-0.39, 0.29) is 27.0 Å². The Morgan fingerprint density at radius 1 is 1.32 bits per heavy atom. The number of aryl methyl sites for hydroxylation is 1. The number of aliphatic carboxylic acids is 1. The molecule has 1 aromatic carbocycles. The number of benzene rings is 1. The van der Waals surface area contributed by atoms with Gasteiger partial charge in [0.05, 0.1) is 6.04 Å². The predicted molar refractivity (Wildman–Crippen MR) is 158 cm³/mol. The lowest BCUT2D eigenvalue weighted by Gasteiger charge is -2.42. The number of carbonyl (C=O) groups excluding carboxylic acids is 2. The number of anilines is 1. The van der Waals surface area contributed by atoms with Crippen molar-refractivity contribution in [2.75, 3.05) is 25.4 Å². The van der Waals surface area contributed by atoms with Gasteiger partial charge in [0, 0.05) is 23.0 Å². The molecular weight excluding hydrogens is 620 g/mol. The molecule has 2 saturated heterocycles. The van der Waals surface area contributed by atoms with Crippen LogP contribution in [0.2, 0.25) is 0 Å². The van der Waals surface area contributed by atoms with Gasteiger partial charge in [-0.1, -0.05) is 5.16 Å². The maximum absolute atomic E-state index is 13.1. The van der Waals surface area contributed by atoms with E-state index in [9.17, 15) is 32.5 Å². The summed E-state index contributed by atoms with van der Waals surface area (Å²) in [6.45, 7) is 4.07. The molecule has 0 saturated carbocycles. The summed E-state index contributed by atoms with van der Waals surface area (Å²) in [5.74, 6) is -3.03. The zero-order valence-electron chi connectivity index (χ0n) is 23.6. The van der Waals surface area contributed by atoms with Crippen LogP contribution < -0.4 is 26.4 Å². The smallest absolute Gasteiger partial charge is 0.362 e. The molecule has 2 amide bonds. The molecule has 0 spiro atoms. The SMILES string of the molecule is Cc1sc(N)nc1/C(=N/OC(COc1ccc(C(=N)N[C@@H]2CCCNC2)cc1)C(=O)O)C(=O)N[C@@H]1C(=O)N(S(=O)(=O)O)[C@H]1C. The van der Waals surface area contributed by atoms with Crippen molar-refractivity contribution in [1.29, 1.82) is 5.41 Å². The number of hydrogen-bond acceptors (Lipinski definition) is 13. The van der Waals surface area contributed by atoms with Gasteiger partial charge in [-0.3, -0.25) is 19.6 Å². The van der Waals surface area contributed by atoms with E-state index >= 15 is 0 Å². The minimum atomic E-state index is -4.83. The van der Waals surface area contributed by atoms with Gasteiger partial charge in [0.25, 0.3) is 17.9 Å². The summed E-state index contributed by atoms with van der Waals surface area (Å²) in [6, 6.07) is 4.16. The number of nitrogen functional groups attached to an aromatic ring is 1. The molecule has 3 heterocycles. The zero-order valence-corrected chi connectivity index (χ0v) is 25.3. The van der Waals surface area contributed by atoms with Gasteiger partial charge < -0.3 is 36.4 Å². The topological polar surface area (TPSA) is 259 Å². The minimum Gasteiger partial charge on any atom is -0.489 e. The average molecular weight is 653 g/mol. The Morgan fingerprint density at radius 3 is 2.57 bits per heavy atom. The van der Waals surface area contributed by atoms with Crippen molar-refractivity contribution in [3.05, 3.63) is 40.4 Å². The monoisotopic (exact) mass is 652 g/mol. The Balaban J connectivity index is 1.43. The molecule has 4 atom stereocenters. The second kappa shape index (κ2) is 13.5. The van der Waals surface area contributed by atoms with Crippen LogP contribution in [0.5, 0.6) is 5.75 Å². The number of piperidine rings is 1. The van der Waals surface area contributed by atoms with Gasteiger partial charge in [-0.2, -0.15) is 8.42 Å². The molecule has 19 heteroatoms. The molecule has 8 N–H and O–H groups in total. The van der Waals surface area contributed by atoms with Gasteiger partial charge in [-0.15, -0.1) is 11.3 Å². The molecule has 44 heavy (non-hydrogen) atoms. The van der Waals surface area contributed by atoms with E-state index in [0.29, 0.717) is 16.2 Å². The standard InChI is InChI=1S/C25H32N8O9S2/c1-12-18(23(35)33(12)44(38,39)40)30-22(34)20(19-13(2)43-25(27)31-19)32-42-17(24(36)37)11-41-16-7-5-14(6-8-16)21(26)29-15-4-3-9-28-10-15/h5-8,12,15,17-18,28H,3-4,9-11H2,1-2H3,(H2,26,29)(H2,27,31)(H,30,34)(H,36,37)(H,38,39,40)/b32-20-/t12-,15+,17?,18-/m0/s1. The van der Waals surface area contributed by atoms with Crippen LogP contribution in [0.15, 0.2) is 29.4 Å². The number of ether oxygens (including phenoxy) is 1. The van der Waals surface area contributed by atoms with E-state index in [2.05, 4.69) is 26.1 Å². The first-order valence-corrected chi connectivity index (χ1v) is 15.6. The summed E-state index contributed by atoms with van der Waals surface area (Å²) < 4.78 is 37.8. The summed E-state index contributed by atoms with van der Waals surface area (Å²) in [5.41, 5.74) is 5.80. The van der Waals surface area contributed by atoms with E-state index in [1.165, 1.54) is 6.92 Å². The third-order valence-electron chi connectivity index (χ3n) is 6.86. The van der Waals surface area contributed by atoms with Crippen molar-refractivity contribution in [2.24, 2.45) is 5.16 Å². The van der Waals surface area contributed by atoms with Gasteiger partial charge >= 0.3 is 16.3 Å². The highest BCUT2D eigenvalue weighted by Gasteiger charge is 2.51. The molecule has 238 valence electrons. The number of carbonyl (C=O) groups is 3. The number of carboxylic acid groups (broad SMARTS) is 1. The van der Waals surface area contributed by atoms with Gasteiger partial charge in [0.2, 0.25) is 0 Å². The van der Waals surface area contributed by atoms with Crippen LogP contribution in [0, 0.1) is 12.3 Å². The van der Waals surface area contributed by atoms with Crippen LogP contribution in [0.1, 0.15) is 35.9 Å². The van der Waals surface area contributed by atoms with Crippen LogP contribution in [0.4, 0.5) is 5.13 Å². The molecule has 1 unspecified atom stereocenters. The number of rotatable bonds is 12. The highest BCUT2D eigenvalue weighted by atomic mass is 32.2. The molecular formula is C25H32N8O9S2. The highest BCUT2D eigenvalue weighted by Crippen LogP contribution is 2.24. The second-order valence-electron chi connectivity index (χ2n) is 10.0. The lowest BCUT2D eigenvalue weighted by molar-refractivity contribution is -0.152. The van der Waals surface area contributed by atoms with Crippen molar-refractivity contribution in [1.82, 2.24) is 25.2 Å². The molecule has 2 fully saturated rings. The summed E-state index contributed by atoms with van der Waals surface area (Å²) in [7, 11) is -4.83. The summed E-state index contributed by atoms with van der Waals surface area (Å²) >= 11 is 1.02. The predicted octanol–water partition coefficient (Wildman–Crippen LogP) is -0.528. The van der Waals surface area contributed by atoms with Crippen molar-refractivity contribution < 1.29 is 42.0 Å². The van der Waals surface area contributed by atoms with E-state index < -0.39 is 58.6 Å². The Labute approximate surface area is 256 Å². The summed E-state index contributed by atoms with van der Waals surface area (Å²) in [6.07, 6.45) is 0.290. The Hall–Kier alpha value is -4.33. The highest BCUT2D eigenvalue weighted by molar-refractivity contribution is 7.84. The minimum absolute atomic E-state index is 0.0447. The first-order valence-electron chi connectivity index (χ1n) is 13.4. The number of nitrogens with two attached hydrogens (primary N) is 1. The van der Waals surface area contributed by atoms with Crippen LogP contribution in [0.25, 0.3) is 0 Å². The molecule has 0 aliphatic carbocycles. The Kier molecular flexibility index (Phi) is 10.0. The lowest BCUT2D eigenvalue weighted by atomic mass is 10.0. The molecule has 4 rings (SSSR count). The van der Waals surface area contributed by atoms with Gasteiger partial charge in [0.1, 0.15) is 29.9 Å². The molecule has 0 radical (unpaired) electrons. The maximum Gasteiger partial charge on any atom is 0.362 e. The van der Waals surface area contributed by atoms with Crippen molar-refractivity contribution in [3.63, 3.8) is 0 Å².